The van der Waals surface area contributed by atoms with E-state index in [2.05, 4.69) is 9.97 Å². The van der Waals surface area contributed by atoms with Crippen LogP contribution in [0.1, 0.15) is 27.9 Å². The van der Waals surface area contributed by atoms with Gasteiger partial charge in [0.15, 0.2) is 5.13 Å². The number of imidazole rings is 1. The van der Waals surface area contributed by atoms with Gasteiger partial charge in [0.05, 0.1) is 22.1 Å². The Hall–Kier alpha value is -2.91. The number of carbonyl (C=O) groups excluding carboxylic acids is 1. The van der Waals surface area contributed by atoms with Crippen molar-refractivity contribution in [2.75, 3.05) is 11.4 Å². The Morgan fingerprint density at radius 3 is 2.53 bits per heavy atom. The maximum atomic E-state index is 13.3. The number of amides is 1. The fourth-order valence-electron chi connectivity index (χ4n) is 3.26. The summed E-state index contributed by atoms with van der Waals surface area (Å²) in [6.45, 7) is 2.98. The molecule has 4 aromatic rings. The van der Waals surface area contributed by atoms with Crippen molar-refractivity contribution in [2.45, 2.75) is 26.1 Å². The maximum absolute atomic E-state index is 13.3. The van der Waals surface area contributed by atoms with Crippen molar-refractivity contribution in [3.63, 3.8) is 0 Å². The SMILES string of the molecule is Cc1cccc2sc(N(CCCn3ccnc3)C(=O)c3ccc(C(F)(F)F)cc3)nc12.Cl. The van der Waals surface area contributed by atoms with E-state index in [4.69, 9.17) is 0 Å². The first-order valence-electron chi connectivity index (χ1n) is 9.64. The van der Waals surface area contributed by atoms with Gasteiger partial charge in [-0.25, -0.2) is 9.97 Å². The van der Waals surface area contributed by atoms with Crippen LogP contribution < -0.4 is 4.90 Å². The molecule has 0 spiro atoms. The molecule has 0 saturated carbocycles. The summed E-state index contributed by atoms with van der Waals surface area (Å²) >= 11 is 1.39. The molecule has 32 heavy (non-hydrogen) atoms. The molecule has 0 N–H and O–H groups in total. The highest BCUT2D eigenvalue weighted by molar-refractivity contribution is 7.22. The van der Waals surface area contributed by atoms with E-state index in [0.29, 0.717) is 24.6 Å². The lowest BCUT2D eigenvalue weighted by Crippen LogP contribution is -2.32. The van der Waals surface area contributed by atoms with E-state index in [9.17, 15) is 18.0 Å². The molecule has 0 saturated heterocycles. The first kappa shape index (κ1) is 23.7. The number of anilines is 1. The minimum Gasteiger partial charge on any atom is -0.337 e. The first-order chi connectivity index (χ1) is 14.8. The summed E-state index contributed by atoms with van der Waals surface area (Å²) in [4.78, 5) is 23.5. The Kier molecular flexibility index (Phi) is 7.20. The summed E-state index contributed by atoms with van der Waals surface area (Å²) in [5.41, 5.74) is 1.22. The topological polar surface area (TPSA) is 51.0 Å². The minimum absolute atomic E-state index is 0. The Labute approximate surface area is 192 Å². The van der Waals surface area contributed by atoms with Gasteiger partial charge in [0.25, 0.3) is 5.91 Å². The van der Waals surface area contributed by atoms with Crippen LogP contribution >= 0.6 is 23.7 Å². The predicted molar refractivity (Wildman–Crippen MR) is 122 cm³/mol. The van der Waals surface area contributed by atoms with Crippen LogP contribution in [0.2, 0.25) is 0 Å². The van der Waals surface area contributed by atoms with E-state index >= 15 is 0 Å². The van der Waals surface area contributed by atoms with Gasteiger partial charge >= 0.3 is 6.18 Å². The van der Waals surface area contributed by atoms with Gasteiger partial charge in [0.2, 0.25) is 0 Å². The highest BCUT2D eigenvalue weighted by Gasteiger charge is 2.30. The molecule has 0 bridgehead atoms. The number of fused-ring (bicyclic) bond motifs is 1. The predicted octanol–water partition coefficient (Wildman–Crippen LogP) is 5.98. The van der Waals surface area contributed by atoms with Crippen LogP contribution in [-0.4, -0.2) is 27.0 Å². The van der Waals surface area contributed by atoms with Gasteiger partial charge in [-0.2, -0.15) is 13.2 Å². The number of benzene rings is 2. The molecule has 0 aliphatic heterocycles. The van der Waals surface area contributed by atoms with Gasteiger partial charge in [-0.15, -0.1) is 12.4 Å². The van der Waals surface area contributed by atoms with Gasteiger partial charge in [-0.1, -0.05) is 23.5 Å². The van der Waals surface area contributed by atoms with Gasteiger partial charge in [0.1, 0.15) is 0 Å². The third-order valence-electron chi connectivity index (χ3n) is 4.90. The normalized spacial score (nSPS) is 11.4. The van der Waals surface area contributed by atoms with E-state index in [1.54, 1.807) is 17.4 Å². The lowest BCUT2D eigenvalue weighted by Gasteiger charge is -2.20. The van der Waals surface area contributed by atoms with Crippen molar-refractivity contribution in [2.24, 2.45) is 0 Å². The minimum atomic E-state index is -4.45. The smallest absolute Gasteiger partial charge is 0.337 e. The summed E-state index contributed by atoms with van der Waals surface area (Å²) in [6.07, 6.45) is 1.40. The average Bonchev–Trinajstić information content (AvgIpc) is 3.41. The molecule has 0 atom stereocenters. The molecule has 1 amide bonds. The highest BCUT2D eigenvalue weighted by Crippen LogP contribution is 2.32. The number of carbonyl (C=O) groups is 1. The number of halogens is 4. The van der Waals surface area contributed by atoms with Crippen molar-refractivity contribution in [1.82, 2.24) is 14.5 Å². The van der Waals surface area contributed by atoms with Crippen molar-refractivity contribution in [3.05, 3.63) is 77.9 Å². The number of aromatic nitrogens is 3. The zero-order valence-electron chi connectivity index (χ0n) is 17.0. The van der Waals surface area contributed by atoms with Crippen LogP contribution in [0.3, 0.4) is 0 Å². The number of rotatable bonds is 6. The zero-order chi connectivity index (χ0) is 22.0. The molecule has 2 heterocycles. The monoisotopic (exact) mass is 480 g/mol. The third kappa shape index (κ3) is 5.11. The molecule has 5 nitrogen and oxygen atoms in total. The van der Waals surface area contributed by atoms with E-state index in [1.807, 2.05) is 35.9 Å². The molecular weight excluding hydrogens is 461 g/mol. The quantitative estimate of drug-likeness (QED) is 0.341. The Balaban J connectivity index is 0.00000289. The number of para-hydroxylation sites is 1. The summed E-state index contributed by atoms with van der Waals surface area (Å²) in [5, 5.41) is 0.528. The second-order valence-corrected chi connectivity index (χ2v) is 8.11. The number of thiazole rings is 1. The molecule has 0 unspecified atom stereocenters. The summed E-state index contributed by atoms with van der Waals surface area (Å²) in [5.74, 6) is -0.379. The number of aryl methyl sites for hydroxylation is 2. The van der Waals surface area contributed by atoms with Crippen LogP contribution in [0.15, 0.2) is 61.2 Å². The van der Waals surface area contributed by atoms with Gasteiger partial charge < -0.3 is 4.57 Å². The average molecular weight is 481 g/mol. The van der Waals surface area contributed by atoms with Crippen LogP contribution in [0, 0.1) is 6.92 Å². The van der Waals surface area contributed by atoms with Crippen LogP contribution in [0.4, 0.5) is 18.3 Å². The second kappa shape index (κ2) is 9.70. The lowest BCUT2D eigenvalue weighted by atomic mass is 10.1. The fourth-order valence-corrected chi connectivity index (χ4v) is 4.33. The van der Waals surface area contributed by atoms with Crippen molar-refractivity contribution in [1.29, 1.82) is 0 Å². The fraction of sp³-hybridized carbons (Fsp3) is 0.227. The van der Waals surface area contributed by atoms with Crippen LogP contribution in [0.5, 0.6) is 0 Å². The molecule has 0 radical (unpaired) electrons. The van der Waals surface area contributed by atoms with E-state index in [-0.39, 0.29) is 23.9 Å². The third-order valence-corrected chi connectivity index (χ3v) is 5.95. The van der Waals surface area contributed by atoms with Crippen LogP contribution in [-0.2, 0) is 12.7 Å². The Morgan fingerprint density at radius 1 is 1.16 bits per heavy atom. The number of nitrogens with zero attached hydrogens (tertiary/aromatic N) is 4. The van der Waals surface area contributed by atoms with Crippen molar-refractivity contribution < 1.29 is 18.0 Å². The van der Waals surface area contributed by atoms with Gasteiger partial charge in [0, 0.05) is 31.0 Å². The largest absolute Gasteiger partial charge is 0.416 e. The zero-order valence-corrected chi connectivity index (χ0v) is 18.7. The summed E-state index contributed by atoms with van der Waals surface area (Å²) < 4.78 is 41.5. The summed E-state index contributed by atoms with van der Waals surface area (Å²) in [6, 6.07) is 10.1. The maximum Gasteiger partial charge on any atom is 0.416 e. The van der Waals surface area contributed by atoms with Gasteiger partial charge in [-0.05, 0) is 49.2 Å². The highest BCUT2D eigenvalue weighted by atomic mass is 35.5. The van der Waals surface area contributed by atoms with Crippen LogP contribution in [0.25, 0.3) is 10.2 Å². The standard InChI is InChI=1S/C22H19F3N4OS.ClH/c1-15-4-2-5-18-19(15)27-21(31-18)29(12-3-11-28-13-10-26-14-28)20(30)16-6-8-17(9-7-16)22(23,24)25;/h2,4-10,13-14H,3,11-12H2,1H3;1H. The molecule has 0 fully saturated rings. The molecule has 2 aromatic carbocycles. The molecule has 2 aromatic heterocycles. The number of alkyl halides is 3. The molecular formula is C22H20ClF3N4OS. The van der Waals surface area contributed by atoms with E-state index < -0.39 is 11.7 Å². The number of hydrogen-bond acceptors (Lipinski definition) is 4. The second-order valence-electron chi connectivity index (χ2n) is 7.10. The number of hydrogen-bond donors (Lipinski definition) is 0. The Bertz CT molecular complexity index is 1190. The lowest BCUT2D eigenvalue weighted by molar-refractivity contribution is -0.137. The summed E-state index contributed by atoms with van der Waals surface area (Å²) in [7, 11) is 0. The van der Waals surface area contributed by atoms with Crippen molar-refractivity contribution >= 4 is 45.0 Å². The molecule has 10 heteroatoms. The Morgan fingerprint density at radius 2 is 1.91 bits per heavy atom. The van der Waals surface area contributed by atoms with E-state index in [0.717, 1.165) is 27.9 Å². The van der Waals surface area contributed by atoms with Crippen molar-refractivity contribution in [3.8, 4) is 0 Å². The molecule has 0 aliphatic carbocycles. The molecule has 0 aliphatic rings. The first-order valence-corrected chi connectivity index (χ1v) is 10.5. The van der Waals surface area contributed by atoms with Gasteiger partial charge in [-0.3, -0.25) is 9.69 Å². The van der Waals surface area contributed by atoms with E-state index in [1.165, 1.54) is 23.5 Å². The molecule has 168 valence electrons. The molecule has 4 rings (SSSR count).